The number of halogens is 3. The van der Waals surface area contributed by atoms with Crippen molar-refractivity contribution in [2.45, 2.75) is 25.1 Å². The van der Waals surface area contributed by atoms with Crippen molar-refractivity contribution in [2.24, 2.45) is 5.41 Å². The number of alkyl halides is 1. The lowest BCUT2D eigenvalue weighted by molar-refractivity contribution is 0.234. The van der Waals surface area contributed by atoms with Crippen LogP contribution < -0.4 is 4.74 Å². The Morgan fingerprint density at radius 3 is 2.39 bits per heavy atom. The van der Waals surface area contributed by atoms with E-state index in [0.29, 0.717) is 18.9 Å². The average Bonchev–Trinajstić information content (AvgIpc) is 3.08. The predicted octanol–water partition coefficient (Wildman–Crippen LogP) is 5.02. The van der Waals surface area contributed by atoms with Gasteiger partial charge in [-0.15, -0.1) is 11.6 Å². The quantitative estimate of drug-likeness (QED) is 0.658. The van der Waals surface area contributed by atoms with Crippen LogP contribution in [0.5, 0.6) is 5.75 Å². The number of ether oxygens (including phenoxy) is 1. The number of nitrogens with zero attached hydrogens (tertiary/aromatic N) is 1. The Labute approximate surface area is 129 Å². The van der Waals surface area contributed by atoms with E-state index in [1.54, 1.807) is 0 Å². The minimum absolute atomic E-state index is 0.0821. The molecular formula is C13H12Br2ClNO. The van der Waals surface area contributed by atoms with Gasteiger partial charge in [-0.05, 0) is 62.4 Å². The topological polar surface area (TPSA) is 33.0 Å². The van der Waals surface area contributed by atoms with E-state index in [1.165, 1.54) is 0 Å². The van der Waals surface area contributed by atoms with Crippen LogP contribution in [0.2, 0.25) is 0 Å². The first-order chi connectivity index (χ1) is 8.60. The summed E-state index contributed by atoms with van der Waals surface area (Å²) in [5.41, 5.74) is 1.11. The zero-order chi connectivity index (χ0) is 13.2. The minimum Gasteiger partial charge on any atom is -0.491 e. The third-order valence-electron chi connectivity index (χ3n) is 3.15. The summed E-state index contributed by atoms with van der Waals surface area (Å²) in [7, 11) is 0. The molecule has 1 aromatic rings. The van der Waals surface area contributed by atoms with Gasteiger partial charge in [0.15, 0.2) is 0 Å². The molecule has 1 fully saturated rings. The molecule has 96 valence electrons. The van der Waals surface area contributed by atoms with Crippen molar-refractivity contribution >= 4 is 43.5 Å². The first-order valence-corrected chi connectivity index (χ1v) is 7.76. The molecule has 0 spiro atoms. The van der Waals surface area contributed by atoms with Gasteiger partial charge in [-0.1, -0.05) is 0 Å². The van der Waals surface area contributed by atoms with Gasteiger partial charge in [0.1, 0.15) is 5.75 Å². The van der Waals surface area contributed by atoms with Crippen LogP contribution in [0.25, 0.3) is 0 Å². The Morgan fingerprint density at radius 1 is 1.33 bits per heavy atom. The number of benzene rings is 1. The fourth-order valence-electron chi connectivity index (χ4n) is 1.77. The fraction of sp³-hybridized carbons (Fsp3) is 0.462. The molecule has 1 saturated carbocycles. The van der Waals surface area contributed by atoms with Crippen molar-refractivity contribution in [3.05, 3.63) is 26.6 Å². The predicted molar refractivity (Wildman–Crippen MR) is 78.8 cm³/mol. The fourth-order valence-corrected chi connectivity index (χ4v) is 3.43. The Kier molecular flexibility index (Phi) is 4.58. The maximum absolute atomic E-state index is 8.78. The average molecular weight is 394 g/mol. The Balaban J connectivity index is 2.08. The summed E-state index contributed by atoms with van der Waals surface area (Å²) in [6.45, 7) is 0.595. The van der Waals surface area contributed by atoms with Gasteiger partial charge in [0.2, 0.25) is 0 Å². The molecule has 2 rings (SSSR count). The third-order valence-corrected chi connectivity index (χ3v) is 4.63. The van der Waals surface area contributed by atoms with Gasteiger partial charge in [-0.25, -0.2) is 0 Å². The normalized spacial score (nSPS) is 16.1. The van der Waals surface area contributed by atoms with Crippen LogP contribution in [0, 0.1) is 16.7 Å². The van der Waals surface area contributed by atoms with Gasteiger partial charge in [0.25, 0.3) is 0 Å². The molecular weight excluding hydrogens is 381 g/mol. The van der Waals surface area contributed by atoms with Gasteiger partial charge >= 0.3 is 0 Å². The monoisotopic (exact) mass is 391 g/mol. The summed E-state index contributed by atoms with van der Waals surface area (Å²) in [4.78, 5) is 0. The third kappa shape index (κ3) is 3.20. The number of rotatable bonds is 5. The standard InChI is InChI=1S/C13H12Br2ClNO/c14-10-5-9(7-16)6-11(15)12(10)18-8-13(1-2-13)3-4-17/h5-6H,1-3,7-8H2. The molecule has 5 heteroatoms. The summed E-state index contributed by atoms with van der Waals surface area (Å²) < 4.78 is 7.64. The largest absolute Gasteiger partial charge is 0.491 e. The van der Waals surface area contributed by atoms with Gasteiger partial charge in [0.05, 0.1) is 21.6 Å². The van der Waals surface area contributed by atoms with Crippen LogP contribution in [0.4, 0.5) is 0 Å². The molecule has 1 aliphatic carbocycles. The molecule has 0 atom stereocenters. The molecule has 0 bridgehead atoms. The van der Waals surface area contributed by atoms with E-state index >= 15 is 0 Å². The van der Waals surface area contributed by atoms with Gasteiger partial charge in [-0.2, -0.15) is 5.26 Å². The smallest absolute Gasteiger partial charge is 0.147 e. The van der Waals surface area contributed by atoms with Crippen LogP contribution in [0.15, 0.2) is 21.1 Å². The lowest BCUT2D eigenvalue weighted by Crippen LogP contribution is -2.13. The van der Waals surface area contributed by atoms with Crippen LogP contribution in [0.3, 0.4) is 0 Å². The highest BCUT2D eigenvalue weighted by Crippen LogP contribution is 2.49. The van der Waals surface area contributed by atoms with Crippen molar-refractivity contribution in [1.82, 2.24) is 0 Å². The van der Waals surface area contributed by atoms with E-state index in [0.717, 1.165) is 33.1 Å². The molecule has 0 unspecified atom stereocenters. The SMILES string of the molecule is N#CCC1(COc2c(Br)cc(CCl)cc2Br)CC1. The highest BCUT2D eigenvalue weighted by molar-refractivity contribution is 9.11. The van der Waals surface area contributed by atoms with Gasteiger partial charge < -0.3 is 4.74 Å². The van der Waals surface area contributed by atoms with E-state index in [2.05, 4.69) is 37.9 Å². The second kappa shape index (κ2) is 5.81. The molecule has 0 amide bonds. The first-order valence-electron chi connectivity index (χ1n) is 5.64. The molecule has 0 saturated heterocycles. The highest BCUT2D eigenvalue weighted by Gasteiger charge is 2.43. The summed E-state index contributed by atoms with van der Waals surface area (Å²) in [5, 5.41) is 8.78. The van der Waals surface area contributed by atoms with Gasteiger partial charge in [0, 0.05) is 17.7 Å². The summed E-state index contributed by atoms with van der Waals surface area (Å²) >= 11 is 12.8. The van der Waals surface area contributed by atoms with Crippen LogP contribution in [-0.4, -0.2) is 6.61 Å². The second-order valence-electron chi connectivity index (χ2n) is 4.65. The molecule has 2 nitrogen and oxygen atoms in total. The lowest BCUT2D eigenvalue weighted by atomic mass is 10.1. The number of hydrogen-bond acceptors (Lipinski definition) is 2. The summed E-state index contributed by atoms with van der Waals surface area (Å²) in [5.74, 6) is 1.25. The molecule has 18 heavy (non-hydrogen) atoms. The molecule has 0 aromatic heterocycles. The van der Waals surface area contributed by atoms with Crippen LogP contribution in [-0.2, 0) is 5.88 Å². The zero-order valence-corrected chi connectivity index (χ0v) is 13.6. The summed E-state index contributed by atoms with van der Waals surface area (Å²) in [6.07, 6.45) is 2.73. The van der Waals surface area contributed by atoms with Gasteiger partial charge in [-0.3, -0.25) is 0 Å². The van der Waals surface area contributed by atoms with E-state index in [9.17, 15) is 0 Å². The minimum atomic E-state index is 0.0821. The van der Waals surface area contributed by atoms with Crippen molar-refractivity contribution in [1.29, 1.82) is 5.26 Å². The van der Waals surface area contributed by atoms with Crippen LogP contribution in [0.1, 0.15) is 24.8 Å². The van der Waals surface area contributed by atoms with E-state index < -0.39 is 0 Å². The van der Waals surface area contributed by atoms with E-state index in [-0.39, 0.29) is 5.41 Å². The van der Waals surface area contributed by atoms with Crippen molar-refractivity contribution in [3.63, 3.8) is 0 Å². The molecule has 0 aliphatic heterocycles. The highest BCUT2D eigenvalue weighted by atomic mass is 79.9. The molecule has 0 heterocycles. The molecule has 0 radical (unpaired) electrons. The Morgan fingerprint density at radius 2 is 1.94 bits per heavy atom. The van der Waals surface area contributed by atoms with E-state index in [4.69, 9.17) is 21.6 Å². The van der Waals surface area contributed by atoms with Crippen LogP contribution >= 0.6 is 43.5 Å². The maximum atomic E-state index is 8.78. The summed E-state index contributed by atoms with van der Waals surface area (Å²) in [6, 6.07) is 6.14. The Hall–Kier alpha value is -0.240. The number of hydrogen-bond donors (Lipinski definition) is 0. The molecule has 0 N–H and O–H groups in total. The number of nitriles is 1. The molecule has 1 aliphatic rings. The van der Waals surface area contributed by atoms with Crippen molar-refractivity contribution < 1.29 is 4.74 Å². The van der Waals surface area contributed by atoms with Crippen molar-refractivity contribution in [3.8, 4) is 11.8 Å². The molecule has 1 aromatic carbocycles. The lowest BCUT2D eigenvalue weighted by Gasteiger charge is -2.16. The first kappa shape index (κ1) is 14.2. The zero-order valence-electron chi connectivity index (χ0n) is 9.68. The van der Waals surface area contributed by atoms with E-state index in [1.807, 2.05) is 12.1 Å². The van der Waals surface area contributed by atoms with Crippen molar-refractivity contribution in [2.75, 3.05) is 6.61 Å². The second-order valence-corrected chi connectivity index (χ2v) is 6.62. The Bertz CT molecular complexity index is 471. The maximum Gasteiger partial charge on any atom is 0.147 e.